The number of nitro groups is 1. The van der Waals surface area contributed by atoms with Crippen molar-refractivity contribution in [1.82, 2.24) is 4.98 Å². The molecule has 0 aliphatic heterocycles. The van der Waals surface area contributed by atoms with Crippen LogP contribution in [0, 0.1) is 10.1 Å². The van der Waals surface area contributed by atoms with Gasteiger partial charge in [-0.05, 0) is 15.9 Å². The number of nitrogens with zero attached hydrogens (tertiary/aromatic N) is 2. The van der Waals surface area contributed by atoms with Gasteiger partial charge in [0.05, 0.1) is 23.1 Å². The monoisotopic (exact) mass is 294 g/mol. The molecular formula is C7H4BrClN2O4. The first-order valence-corrected chi connectivity index (χ1v) is 4.80. The van der Waals surface area contributed by atoms with Crippen molar-refractivity contribution in [3.63, 3.8) is 0 Å². The summed E-state index contributed by atoms with van der Waals surface area (Å²) in [6.45, 7) is 0. The standard InChI is InChI=1S/C7H4BrClN2O4/c8-5-2-4(11(14)15)7(9)3(10-5)1-6(12)13/h2H,1H2,(H,12,13). The highest BCUT2D eigenvalue weighted by Gasteiger charge is 2.20. The molecule has 0 aliphatic carbocycles. The average molecular weight is 295 g/mol. The molecule has 1 heterocycles. The van der Waals surface area contributed by atoms with Crippen LogP contribution in [0.5, 0.6) is 0 Å². The highest BCUT2D eigenvalue weighted by Crippen LogP contribution is 2.29. The molecule has 0 aliphatic rings. The van der Waals surface area contributed by atoms with Crippen LogP contribution in [-0.2, 0) is 11.2 Å². The van der Waals surface area contributed by atoms with Crippen LogP contribution in [0.4, 0.5) is 5.69 Å². The second-order valence-electron chi connectivity index (χ2n) is 2.55. The van der Waals surface area contributed by atoms with Crippen LogP contribution < -0.4 is 0 Å². The van der Waals surface area contributed by atoms with Crippen LogP contribution in [0.2, 0.25) is 5.02 Å². The van der Waals surface area contributed by atoms with Gasteiger partial charge >= 0.3 is 5.97 Å². The summed E-state index contributed by atoms with van der Waals surface area (Å²) in [5.41, 5.74) is -0.403. The topological polar surface area (TPSA) is 93.3 Å². The number of hydrogen-bond acceptors (Lipinski definition) is 4. The molecule has 15 heavy (non-hydrogen) atoms. The van der Waals surface area contributed by atoms with Crippen molar-refractivity contribution in [2.24, 2.45) is 0 Å². The normalized spacial score (nSPS) is 10.0. The van der Waals surface area contributed by atoms with Gasteiger partial charge in [-0.15, -0.1) is 0 Å². The van der Waals surface area contributed by atoms with Crippen molar-refractivity contribution in [3.05, 3.63) is 31.5 Å². The molecule has 0 bridgehead atoms. The summed E-state index contributed by atoms with van der Waals surface area (Å²) in [4.78, 5) is 24.0. The quantitative estimate of drug-likeness (QED) is 0.523. The molecule has 0 spiro atoms. The zero-order valence-corrected chi connectivity index (χ0v) is 9.45. The summed E-state index contributed by atoms with van der Waals surface area (Å²) in [6, 6.07) is 1.12. The van der Waals surface area contributed by atoms with E-state index in [4.69, 9.17) is 16.7 Å². The van der Waals surface area contributed by atoms with Gasteiger partial charge in [0.2, 0.25) is 0 Å². The molecular weight excluding hydrogens is 291 g/mol. The number of hydrogen-bond donors (Lipinski definition) is 1. The molecule has 1 aromatic heterocycles. The van der Waals surface area contributed by atoms with Crippen molar-refractivity contribution in [2.75, 3.05) is 0 Å². The van der Waals surface area contributed by atoms with Crippen LogP contribution in [0.3, 0.4) is 0 Å². The Morgan fingerprint density at radius 2 is 2.33 bits per heavy atom. The molecule has 6 nitrogen and oxygen atoms in total. The SMILES string of the molecule is O=C(O)Cc1nc(Br)cc([N+](=O)[O-])c1Cl. The molecule has 0 fully saturated rings. The first-order chi connectivity index (χ1) is 6.91. The van der Waals surface area contributed by atoms with Gasteiger partial charge in [-0.1, -0.05) is 11.6 Å². The molecule has 1 rings (SSSR count). The summed E-state index contributed by atoms with van der Waals surface area (Å²) in [5.74, 6) is -1.16. The molecule has 0 saturated heterocycles. The largest absolute Gasteiger partial charge is 0.481 e. The number of carboxylic acid groups (broad SMARTS) is 1. The van der Waals surface area contributed by atoms with E-state index in [-0.39, 0.29) is 21.0 Å². The minimum Gasteiger partial charge on any atom is -0.481 e. The Balaban J connectivity index is 3.28. The smallest absolute Gasteiger partial charge is 0.309 e. The van der Waals surface area contributed by atoms with Gasteiger partial charge in [0, 0.05) is 0 Å². The molecule has 1 N–H and O–H groups in total. The van der Waals surface area contributed by atoms with Gasteiger partial charge in [0.15, 0.2) is 0 Å². The van der Waals surface area contributed by atoms with Gasteiger partial charge in [-0.2, -0.15) is 0 Å². The number of pyridine rings is 1. The van der Waals surface area contributed by atoms with Crippen molar-refractivity contribution in [1.29, 1.82) is 0 Å². The Labute approximate surface area is 97.2 Å². The van der Waals surface area contributed by atoms with E-state index in [1.54, 1.807) is 0 Å². The third kappa shape index (κ3) is 2.87. The predicted molar refractivity (Wildman–Crippen MR) is 54.9 cm³/mol. The van der Waals surface area contributed by atoms with Gasteiger partial charge in [-0.3, -0.25) is 14.9 Å². The third-order valence-corrected chi connectivity index (χ3v) is 2.31. The van der Waals surface area contributed by atoms with E-state index < -0.39 is 17.3 Å². The van der Waals surface area contributed by atoms with Crippen LogP contribution in [0.15, 0.2) is 10.7 Å². The van der Waals surface area contributed by atoms with Crippen molar-refractivity contribution in [3.8, 4) is 0 Å². The summed E-state index contributed by atoms with van der Waals surface area (Å²) in [6.07, 6.45) is -0.459. The van der Waals surface area contributed by atoms with E-state index in [2.05, 4.69) is 20.9 Å². The number of aliphatic carboxylic acids is 1. The Morgan fingerprint density at radius 1 is 1.73 bits per heavy atom. The lowest BCUT2D eigenvalue weighted by atomic mass is 10.2. The first kappa shape index (κ1) is 11.9. The maximum absolute atomic E-state index is 10.5. The Hall–Kier alpha value is -1.21. The fraction of sp³-hybridized carbons (Fsp3) is 0.143. The second kappa shape index (κ2) is 4.54. The lowest BCUT2D eigenvalue weighted by Crippen LogP contribution is -2.05. The van der Waals surface area contributed by atoms with Gasteiger partial charge < -0.3 is 5.11 Å². The minimum atomic E-state index is -1.16. The van der Waals surface area contributed by atoms with E-state index in [0.29, 0.717) is 0 Å². The van der Waals surface area contributed by atoms with E-state index in [1.165, 1.54) is 0 Å². The lowest BCUT2D eigenvalue weighted by molar-refractivity contribution is -0.384. The van der Waals surface area contributed by atoms with Crippen LogP contribution >= 0.6 is 27.5 Å². The minimum absolute atomic E-state index is 0.0368. The van der Waals surface area contributed by atoms with Gasteiger partial charge in [0.1, 0.15) is 9.63 Å². The number of rotatable bonds is 3. The van der Waals surface area contributed by atoms with Crippen LogP contribution in [0.1, 0.15) is 5.69 Å². The Morgan fingerprint density at radius 3 is 2.80 bits per heavy atom. The van der Waals surface area contributed by atoms with Crippen molar-refractivity contribution >= 4 is 39.2 Å². The van der Waals surface area contributed by atoms with E-state index in [1.807, 2.05) is 0 Å². The molecule has 8 heteroatoms. The first-order valence-electron chi connectivity index (χ1n) is 3.63. The van der Waals surface area contributed by atoms with Crippen LogP contribution in [-0.4, -0.2) is 21.0 Å². The van der Waals surface area contributed by atoms with E-state index in [0.717, 1.165) is 6.07 Å². The third-order valence-electron chi connectivity index (χ3n) is 1.49. The number of carbonyl (C=O) groups is 1. The summed E-state index contributed by atoms with van der Waals surface area (Å²) < 4.78 is 0.176. The zero-order chi connectivity index (χ0) is 11.6. The number of carboxylic acids is 1. The Bertz CT molecular complexity index is 437. The average Bonchev–Trinajstić information content (AvgIpc) is 2.09. The number of halogens is 2. The molecule has 0 unspecified atom stereocenters. The summed E-state index contributed by atoms with van der Waals surface area (Å²) in [7, 11) is 0. The molecule has 80 valence electrons. The van der Waals surface area contributed by atoms with Crippen LogP contribution in [0.25, 0.3) is 0 Å². The second-order valence-corrected chi connectivity index (χ2v) is 3.74. The van der Waals surface area contributed by atoms with Crippen molar-refractivity contribution in [2.45, 2.75) is 6.42 Å². The molecule has 0 aromatic carbocycles. The zero-order valence-electron chi connectivity index (χ0n) is 7.11. The molecule has 1 aromatic rings. The molecule has 0 atom stereocenters. The van der Waals surface area contributed by atoms with E-state index >= 15 is 0 Å². The highest BCUT2D eigenvalue weighted by molar-refractivity contribution is 9.10. The van der Waals surface area contributed by atoms with Gasteiger partial charge in [-0.25, -0.2) is 4.98 Å². The molecule has 0 saturated carbocycles. The maximum atomic E-state index is 10.5. The highest BCUT2D eigenvalue weighted by atomic mass is 79.9. The van der Waals surface area contributed by atoms with Crippen molar-refractivity contribution < 1.29 is 14.8 Å². The van der Waals surface area contributed by atoms with E-state index in [9.17, 15) is 14.9 Å². The predicted octanol–water partition coefficient (Wildman–Crippen LogP) is 2.03. The fourth-order valence-corrected chi connectivity index (χ4v) is 1.59. The molecule has 0 amide bonds. The van der Waals surface area contributed by atoms with Gasteiger partial charge in [0.25, 0.3) is 5.69 Å². The summed E-state index contributed by atoms with van der Waals surface area (Å²) >= 11 is 8.57. The lowest BCUT2D eigenvalue weighted by Gasteiger charge is -2.02. The molecule has 0 radical (unpaired) electrons. The summed E-state index contributed by atoms with van der Waals surface area (Å²) in [5, 5.41) is 18.8. The fourth-order valence-electron chi connectivity index (χ4n) is 0.928. The Kier molecular flexibility index (Phi) is 3.59. The number of aromatic nitrogens is 1. The maximum Gasteiger partial charge on any atom is 0.309 e.